The van der Waals surface area contributed by atoms with Crippen LogP contribution in [-0.4, -0.2) is 56.5 Å². The van der Waals surface area contributed by atoms with Crippen molar-refractivity contribution in [3.05, 3.63) is 42.4 Å². The lowest BCUT2D eigenvalue weighted by Gasteiger charge is -2.35. The quantitative estimate of drug-likeness (QED) is 0.846. The van der Waals surface area contributed by atoms with Crippen molar-refractivity contribution < 1.29 is 9.53 Å². The highest BCUT2D eigenvalue weighted by molar-refractivity contribution is 5.70. The summed E-state index contributed by atoms with van der Waals surface area (Å²) in [5.41, 5.74) is 0.658. The van der Waals surface area contributed by atoms with Gasteiger partial charge in [0.05, 0.1) is 24.8 Å². The third kappa shape index (κ3) is 3.32. The molecule has 2 aliphatic heterocycles. The van der Waals surface area contributed by atoms with Gasteiger partial charge < -0.3 is 14.5 Å². The number of piperazine rings is 1. The number of fused-ring (bicyclic) bond motifs is 2. The first-order valence-electron chi connectivity index (χ1n) is 8.91. The first-order chi connectivity index (χ1) is 12.4. The number of carbonyl (C=O) groups is 1. The van der Waals surface area contributed by atoms with Crippen LogP contribution in [0.1, 0.15) is 32.8 Å². The number of pyridine rings is 1. The van der Waals surface area contributed by atoms with Crippen molar-refractivity contribution in [2.24, 2.45) is 0 Å². The third-order valence-corrected chi connectivity index (χ3v) is 4.76. The van der Waals surface area contributed by atoms with Crippen molar-refractivity contribution in [3.8, 4) is 0 Å². The molecule has 0 aliphatic carbocycles. The maximum Gasteiger partial charge on any atom is 0.410 e. The second-order valence-electron chi connectivity index (χ2n) is 7.91. The molecule has 2 aromatic rings. The van der Waals surface area contributed by atoms with E-state index in [9.17, 15) is 4.79 Å². The highest BCUT2D eigenvalue weighted by Crippen LogP contribution is 2.34. The van der Waals surface area contributed by atoms with Gasteiger partial charge in [0, 0.05) is 25.5 Å². The molecule has 0 aromatic carbocycles. The van der Waals surface area contributed by atoms with Crippen molar-refractivity contribution in [1.82, 2.24) is 19.7 Å². The Morgan fingerprint density at radius 2 is 2.19 bits per heavy atom. The average molecular weight is 353 g/mol. The van der Waals surface area contributed by atoms with Gasteiger partial charge >= 0.3 is 6.09 Å². The fourth-order valence-electron chi connectivity index (χ4n) is 3.69. The minimum Gasteiger partial charge on any atom is -0.444 e. The van der Waals surface area contributed by atoms with Crippen molar-refractivity contribution in [3.63, 3.8) is 0 Å². The topological polar surface area (TPSA) is 63.5 Å². The zero-order valence-corrected chi connectivity index (χ0v) is 15.3. The van der Waals surface area contributed by atoms with Gasteiger partial charge in [0.2, 0.25) is 0 Å². The number of amides is 1. The van der Waals surface area contributed by atoms with Crippen molar-refractivity contribution in [1.29, 1.82) is 0 Å². The maximum atomic E-state index is 12.4. The van der Waals surface area contributed by atoms with E-state index in [0.29, 0.717) is 19.1 Å². The minimum absolute atomic E-state index is 0.189. The van der Waals surface area contributed by atoms with Gasteiger partial charge in [-0.25, -0.2) is 14.5 Å². The van der Waals surface area contributed by atoms with Crippen LogP contribution in [0.3, 0.4) is 0 Å². The van der Waals surface area contributed by atoms with Crippen LogP contribution in [0.2, 0.25) is 0 Å². The first-order valence-corrected chi connectivity index (χ1v) is 8.91. The van der Waals surface area contributed by atoms with Gasteiger partial charge in [0.15, 0.2) is 0 Å². The molecule has 1 amide bonds. The Kier molecular flexibility index (Phi) is 3.98. The molecule has 2 atom stereocenters. The van der Waals surface area contributed by atoms with Crippen LogP contribution >= 0.6 is 0 Å². The first kappa shape index (κ1) is 16.7. The molecule has 7 nitrogen and oxygen atoms in total. The van der Waals surface area contributed by atoms with E-state index in [4.69, 9.17) is 4.74 Å². The molecule has 2 bridgehead atoms. The van der Waals surface area contributed by atoms with Crippen LogP contribution < -0.4 is 4.90 Å². The standard InChI is InChI=1S/C19H23N5O2/c1-19(2,3)26-18(25)24-13-15-10-16(24)12-23(15)17-9-14(5-7-20-17)11-22-8-4-6-21-22/h5-7,9,15-16H,10-13H2,1-3H3. The van der Waals surface area contributed by atoms with Crippen molar-refractivity contribution in [2.45, 2.75) is 51.4 Å². The summed E-state index contributed by atoms with van der Waals surface area (Å²) in [6.07, 6.45) is 7.11. The van der Waals surface area contributed by atoms with E-state index in [1.165, 1.54) is 0 Å². The van der Waals surface area contributed by atoms with Gasteiger partial charge in [-0.3, -0.25) is 0 Å². The number of hydrogen-bond acceptors (Lipinski definition) is 5. The number of nitrogens with zero attached hydrogens (tertiary/aromatic N) is 5. The Labute approximate surface area is 153 Å². The average Bonchev–Trinajstić information content (AvgIpc) is 3.30. The molecule has 2 aliphatic rings. The molecule has 26 heavy (non-hydrogen) atoms. The molecule has 0 spiro atoms. The number of hydrogen-bond donors (Lipinski definition) is 0. The lowest BCUT2D eigenvalue weighted by molar-refractivity contribution is 0.0214. The highest BCUT2D eigenvalue weighted by atomic mass is 16.6. The van der Waals surface area contributed by atoms with E-state index < -0.39 is 5.60 Å². The molecule has 0 saturated carbocycles. The maximum absolute atomic E-state index is 12.4. The van der Waals surface area contributed by atoms with Gasteiger partial charge in [-0.2, -0.15) is 5.10 Å². The summed E-state index contributed by atoms with van der Waals surface area (Å²) in [6, 6.07) is 7.38. The summed E-state index contributed by atoms with van der Waals surface area (Å²) in [5, 5.41) is 4.15. The van der Waals surface area contributed by atoms with Crippen LogP contribution in [0, 0.1) is 12.3 Å². The van der Waals surface area contributed by atoms with Gasteiger partial charge in [-0.1, -0.05) is 0 Å². The highest BCUT2D eigenvalue weighted by Gasteiger charge is 2.46. The van der Waals surface area contributed by atoms with Gasteiger partial charge in [-0.05, 0) is 51.0 Å². The number of aromatic nitrogens is 3. The molecule has 2 aromatic heterocycles. The third-order valence-electron chi connectivity index (χ3n) is 4.76. The van der Waals surface area contributed by atoms with Gasteiger partial charge in [-0.15, -0.1) is 0 Å². The lowest BCUT2D eigenvalue weighted by Crippen LogP contribution is -2.50. The summed E-state index contributed by atoms with van der Waals surface area (Å²) in [6.45, 7) is 7.82. The number of ether oxygens (including phenoxy) is 1. The molecule has 7 heteroatoms. The van der Waals surface area contributed by atoms with Crippen molar-refractivity contribution in [2.75, 3.05) is 18.0 Å². The minimum atomic E-state index is -0.463. The summed E-state index contributed by atoms with van der Waals surface area (Å²) in [5.74, 6) is 0.954. The van der Waals surface area contributed by atoms with Crippen LogP contribution in [-0.2, 0) is 11.3 Å². The summed E-state index contributed by atoms with van der Waals surface area (Å²) in [7, 11) is 0. The Morgan fingerprint density at radius 3 is 2.85 bits per heavy atom. The molecule has 4 rings (SSSR count). The summed E-state index contributed by atoms with van der Waals surface area (Å²) >= 11 is 0. The molecule has 4 heterocycles. The molecule has 2 unspecified atom stereocenters. The molecule has 2 saturated heterocycles. The number of rotatable bonds is 3. The number of anilines is 1. The predicted octanol–water partition coefficient (Wildman–Crippen LogP) is 2.12. The van der Waals surface area contributed by atoms with E-state index in [1.807, 2.05) is 37.9 Å². The predicted molar refractivity (Wildman–Crippen MR) is 95.7 cm³/mol. The Hall–Kier alpha value is -2.75. The normalized spacial score (nSPS) is 21.8. The molecule has 2 fully saturated rings. The Bertz CT molecular complexity index is 783. The molecular formula is C19H23N5O2. The van der Waals surface area contributed by atoms with Crippen molar-refractivity contribution >= 4 is 11.9 Å². The molecule has 0 N–H and O–H groups in total. The second kappa shape index (κ2) is 6.20. The lowest BCUT2D eigenvalue weighted by atomic mass is 10.2. The van der Waals surface area contributed by atoms with E-state index in [2.05, 4.69) is 33.3 Å². The Balaban J connectivity index is 1.43. The molecule has 0 radical (unpaired) electrons. The van der Waals surface area contributed by atoms with E-state index >= 15 is 0 Å². The zero-order valence-electron chi connectivity index (χ0n) is 15.3. The van der Waals surface area contributed by atoms with E-state index in [1.54, 1.807) is 10.9 Å². The van der Waals surface area contributed by atoms with Crippen LogP contribution in [0.4, 0.5) is 10.6 Å². The SMILES string of the molecule is CC(C)(C)OC(=O)N1CC2CC1CN2c1cc(Cn2c#ccn2)ccn1. The van der Waals surface area contributed by atoms with E-state index in [0.717, 1.165) is 24.3 Å². The fourth-order valence-corrected chi connectivity index (χ4v) is 3.69. The van der Waals surface area contributed by atoms with Crippen LogP contribution in [0.5, 0.6) is 0 Å². The monoisotopic (exact) mass is 353 g/mol. The van der Waals surface area contributed by atoms with Crippen LogP contribution in [0.15, 0.2) is 24.5 Å². The molecular weight excluding hydrogens is 330 g/mol. The smallest absolute Gasteiger partial charge is 0.410 e. The van der Waals surface area contributed by atoms with Gasteiger partial charge in [0.1, 0.15) is 11.4 Å². The Morgan fingerprint density at radius 1 is 1.35 bits per heavy atom. The number of carbonyl (C=O) groups excluding carboxylic acids is 1. The fraction of sp³-hybridized carbons (Fsp3) is 0.526. The largest absolute Gasteiger partial charge is 0.444 e. The zero-order chi connectivity index (χ0) is 18.3. The van der Waals surface area contributed by atoms with E-state index in [-0.39, 0.29) is 12.1 Å². The molecule has 136 valence electrons. The van der Waals surface area contributed by atoms with Gasteiger partial charge in [0.25, 0.3) is 0 Å². The van der Waals surface area contributed by atoms with Crippen LogP contribution in [0.25, 0.3) is 0 Å². The summed E-state index contributed by atoms with van der Waals surface area (Å²) in [4.78, 5) is 21.1. The number of likely N-dealkylation sites (tertiary alicyclic amines) is 1. The second-order valence-corrected chi connectivity index (χ2v) is 7.91. The summed E-state index contributed by atoms with van der Waals surface area (Å²) < 4.78 is 7.25.